The minimum atomic E-state index is -0.0257. The second kappa shape index (κ2) is 8.13. The fourth-order valence-electron chi connectivity index (χ4n) is 2.23. The number of thioether (sulfide) groups is 1. The number of halogens is 2. The molecular weight excluding hydrogens is 315 g/mol. The predicted molar refractivity (Wildman–Crippen MR) is 88.0 cm³/mol. The molecule has 1 heterocycles. The van der Waals surface area contributed by atoms with Crippen LogP contribution in [0.2, 0.25) is 5.02 Å². The molecule has 1 aromatic rings. The van der Waals surface area contributed by atoms with E-state index in [-0.39, 0.29) is 30.3 Å². The van der Waals surface area contributed by atoms with Crippen LogP contribution in [0.5, 0.6) is 0 Å². The minimum Gasteiger partial charge on any atom is -0.349 e. The first-order valence-electron chi connectivity index (χ1n) is 6.49. The molecule has 2 N–H and O–H groups in total. The average Bonchev–Trinajstić information content (AvgIpc) is 2.39. The van der Waals surface area contributed by atoms with E-state index < -0.39 is 0 Å². The molecule has 6 heteroatoms. The van der Waals surface area contributed by atoms with E-state index in [4.69, 9.17) is 11.6 Å². The number of carbonyl (C=O) groups is 1. The summed E-state index contributed by atoms with van der Waals surface area (Å²) in [6.07, 6.45) is 0.954. The van der Waals surface area contributed by atoms with Crippen LogP contribution in [-0.2, 0) is 4.79 Å². The van der Waals surface area contributed by atoms with Crippen molar-refractivity contribution in [2.24, 2.45) is 5.92 Å². The summed E-state index contributed by atoms with van der Waals surface area (Å²) < 4.78 is 0. The molecule has 0 bridgehead atoms. The van der Waals surface area contributed by atoms with Crippen molar-refractivity contribution < 1.29 is 4.79 Å². The fourth-order valence-corrected chi connectivity index (χ4v) is 3.51. The summed E-state index contributed by atoms with van der Waals surface area (Å²) in [7, 11) is 1.86. The molecule has 0 radical (unpaired) electrons. The van der Waals surface area contributed by atoms with E-state index in [1.54, 1.807) is 0 Å². The van der Waals surface area contributed by atoms with Gasteiger partial charge in [0, 0.05) is 28.1 Å². The number of benzene rings is 1. The number of carbonyl (C=O) groups excluding carboxylic acids is 1. The van der Waals surface area contributed by atoms with Gasteiger partial charge in [-0.2, -0.15) is 0 Å². The van der Waals surface area contributed by atoms with Gasteiger partial charge in [-0.05, 0) is 37.2 Å². The lowest BCUT2D eigenvalue weighted by Gasteiger charge is -2.27. The van der Waals surface area contributed by atoms with E-state index in [9.17, 15) is 4.79 Å². The van der Waals surface area contributed by atoms with Crippen molar-refractivity contribution in [1.82, 2.24) is 10.6 Å². The normalized spacial score (nSPS) is 18.6. The highest BCUT2D eigenvalue weighted by molar-refractivity contribution is 7.99. The van der Waals surface area contributed by atoms with Crippen molar-refractivity contribution in [3.05, 3.63) is 28.8 Å². The van der Waals surface area contributed by atoms with Gasteiger partial charge in [0.2, 0.25) is 5.91 Å². The van der Waals surface area contributed by atoms with Crippen LogP contribution >= 0.6 is 35.8 Å². The topological polar surface area (TPSA) is 41.1 Å². The predicted octanol–water partition coefficient (Wildman–Crippen LogP) is 3.27. The first-order chi connectivity index (χ1) is 9.11. The first kappa shape index (κ1) is 17.6. The van der Waals surface area contributed by atoms with Crippen LogP contribution in [0.3, 0.4) is 0 Å². The Balaban J connectivity index is 0.00000200. The van der Waals surface area contributed by atoms with Gasteiger partial charge in [-0.1, -0.05) is 18.5 Å². The molecule has 0 spiro atoms. The molecule has 112 valence electrons. The number of hydrogen-bond donors (Lipinski definition) is 2. The highest BCUT2D eigenvalue weighted by atomic mass is 35.5. The van der Waals surface area contributed by atoms with E-state index in [1.165, 1.54) is 4.90 Å². The standard InChI is InChI=1S/C14H19ClN2OS.ClH/c1-9(8-16-2)14(18)17-12-5-6-19-13-4-3-10(15)7-11(12)13;/h3-4,7,9,12,16H,5-6,8H2,1-2H3,(H,17,18);1H. The summed E-state index contributed by atoms with van der Waals surface area (Å²) in [5, 5.41) is 6.89. The third kappa shape index (κ3) is 4.29. The van der Waals surface area contributed by atoms with Gasteiger partial charge in [0.15, 0.2) is 0 Å². The fraction of sp³-hybridized carbons (Fsp3) is 0.500. The van der Waals surface area contributed by atoms with Gasteiger partial charge >= 0.3 is 0 Å². The summed E-state index contributed by atoms with van der Waals surface area (Å²) in [5.41, 5.74) is 1.15. The second-order valence-corrected chi connectivity index (χ2v) is 6.41. The molecule has 0 aromatic heterocycles. The number of nitrogens with one attached hydrogen (secondary N) is 2. The van der Waals surface area contributed by atoms with Crippen LogP contribution in [0.15, 0.2) is 23.1 Å². The Morgan fingerprint density at radius 3 is 3.00 bits per heavy atom. The highest BCUT2D eigenvalue weighted by Gasteiger charge is 2.24. The molecule has 1 aliphatic heterocycles. The summed E-state index contributed by atoms with van der Waals surface area (Å²) in [6.45, 7) is 2.62. The Labute approximate surface area is 135 Å². The van der Waals surface area contributed by atoms with Gasteiger partial charge in [-0.15, -0.1) is 24.2 Å². The lowest BCUT2D eigenvalue weighted by molar-refractivity contribution is -0.125. The van der Waals surface area contributed by atoms with Gasteiger partial charge in [0.05, 0.1) is 6.04 Å². The van der Waals surface area contributed by atoms with E-state index in [0.29, 0.717) is 6.54 Å². The lowest BCUT2D eigenvalue weighted by atomic mass is 10.0. The maximum absolute atomic E-state index is 12.1. The van der Waals surface area contributed by atoms with E-state index >= 15 is 0 Å². The number of amides is 1. The minimum absolute atomic E-state index is 0. The molecule has 2 atom stereocenters. The zero-order valence-electron chi connectivity index (χ0n) is 11.6. The Morgan fingerprint density at radius 1 is 1.55 bits per heavy atom. The van der Waals surface area contributed by atoms with Crippen LogP contribution < -0.4 is 10.6 Å². The molecule has 0 aliphatic carbocycles. The molecule has 3 nitrogen and oxygen atoms in total. The van der Waals surface area contributed by atoms with Crippen molar-refractivity contribution in [2.45, 2.75) is 24.3 Å². The summed E-state index contributed by atoms with van der Waals surface area (Å²) in [4.78, 5) is 13.3. The largest absolute Gasteiger partial charge is 0.349 e. The van der Waals surface area contributed by atoms with E-state index in [2.05, 4.69) is 10.6 Å². The molecular formula is C14H20Cl2N2OS. The first-order valence-corrected chi connectivity index (χ1v) is 7.85. The van der Waals surface area contributed by atoms with Crippen LogP contribution in [-0.4, -0.2) is 25.3 Å². The van der Waals surface area contributed by atoms with Gasteiger partial charge < -0.3 is 10.6 Å². The Kier molecular flexibility index (Phi) is 7.17. The second-order valence-electron chi connectivity index (χ2n) is 4.84. The van der Waals surface area contributed by atoms with Crippen LogP contribution in [0.1, 0.15) is 24.9 Å². The summed E-state index contributed by atoms with van der Waals surface area (Å²) in [5.74, 6) is 1.10. The molecule has 1 aliphatic rings. The number of hydrogen-bond acceptors (Lipinski definition) is 3. The maximum Gasteiger partial charge on any atom is 0.224 e. The van der Waals surface area contributed by atoms with Crippen molar-refractivity contribution in [1.29, 1.82) is 0 Å². The van der Waals surface area contributed by atoms with E-state index in [0.717, 1.165) is 22.8 Å². The molecule has 0 fully saturated rings. The van der Waals surface area contributed by atoms with E-state index in [1.807, 2.05) is 43.9 Å². The Bertz CT molecular complexity index is 470. The third-order valence-electron chi connectivity index (χ3n) is 3.29. The van der Waals surface area contributed by atoms with Gasteiger partial charge in [-0.25, -0.2) is 0 Å². The van der Waals surface area contributed by atoms with Gasteiger partial charge in [0.25, 0.3) is 0 Å². The Morgan fingerprint density at radius 2 is 2.30 bits per heavy atom. The quantitative estimate of drug-likeness (QED) is 0.887. The van der Waals surface area contributed by atoms with Crippen molar-refractivity contribution in [2.75, 3.05) is 19.3 Å². The Hall–Kier alpha value is -0.420. The van der Waals surface area contributed by atoms with Crippen molar-refractivity contribution in [3.8, 4) is 0 Å². The maximum atomic E-state index is 12.1. The van der Waals surface area contributed by atoms with Crippen LogP contribution in [0.4, 0.5) is 0 Å². The summed E-state index contributed by atoms with van der Waals surface area (Å²) in [6, 6.07) is 6.00. The average molecular weight is 335 g/mol. The number of fused-ring (bicyclic) bond motifs is 1. The van der Waals surface area contributed by atoms with Gasteiger partial charge in [0.1, 0.15) is 0 Å². The molecule has 1 amide bonds. The smallest absolute Gasteiger partial charge is 0.224 e. The summed E-state index contributed by atoms with van der Waals surface area (Å²) >= 11 is 7.88. The molecule has 2 unspecified atom stereocenters. The highest BCUT2D eigenvalue weighted by Crippen LogP contribution is 2.37. The van der Waals surface area contributed by atoms with Crippen molar-refractivity contribution >= 4 is 41.7 Å². The molecule has 20 heavy (non-hydrogen) atoms. The van der Waals surface area contributed by atoms with Crippen LogP contribution in [0.25, 0.3) is 0 Å². The molecule has 0 saturated carbocycles. The van der Waals surface area contributed by atoms with Crippen LogP contribution in [0, 0.1) is 5.92 Å². The molecule has 2 rings (SSSR count). The molecule has 1 aromatic carbocycles. The zero-order chi connectivity index (χ0) is 13.8. The third-order valence-corrected chi connectivity index (χ3v) is 4.64. The zero-order valence-corrected chi connectivity index (χ0v) is 14.0. The SMILES string of the molecule is CNCC(C)C(=O)NC1CCSc2ccc(Cl)cc21.Cl. The molecule has 0 saturated heterocycles. The number of rotatable bonds is 4. The van der Waals surface area contributed by atoms with Gasteiger partial charge in [-0.3, -0.25) is 4.79 Å². The van der Waals surface area contributed by atoms with Crippen molar-refractivity contribution in [3.63, 3.8) is 0 Å². The monoisotopic (exact) mass is 334 g/mol. The lowest BCUT2D eigenvalue weighted by Crippen LogP contribution is -2.37.